The second-order valence-corrected chi connectivity index (χ2v) is 10.0. The van der Waals surface area contributed by atoms with E-state index < -0.39 is 0 Å². The van der Waals surface area contributed by atoms with Crippen LogP contribution in [0.5, 0.6) is 0 Å². The van der Waals surface area contributed by atoms with Crippen LogP contribution in [0.25, 0.3) is 0 Å². The Morgan fingerprint density at radius 3 is 2.27 bits per heavy atom. The Balaban J connectivity index is 1.59. The molecule has 0 bridgehead atoms. The average molecular weight is 487 g/mol. The van der Waals surface area contributed by atoms with E-state index in [-0.39, 0.29) is 5.92 Å². The lowest BCUT2D eigenvalue weighted by Gasteiger charge is -2.13. The molecule has 0 aromatic heterocycles. The van der Waals surface area contributed by atoms with E-state index in [1.165, 1.54) is 44.7 Å². The van der Waals surface area contributed by atoms with Crippen molar-refractivity contribution in [1.82, 2.24) is 4.90 Å². The summed E-state index contributed by atoms with van der Waals surface area (Å²) in [6.07, 6.45) is 22.3. The summed E-state index contributed by atoms with van der Waals surface area (Å²) in [5.41, 5.74) is 10.5. The molecule has 0 amide bonds. The summed E-state index contributed by atoms with van der Waals surface area (Å²) in [5, 5.41) is 0. The van der Waals surface area contributed by atoms with Crippen molar-refractivity contribution in [3.8, 4) is 0 Å². The summed E-state index contributed by atoms with van der Waals surface area (Å²) in [6, 6.07) is 21.5. The highest BCUT2D eigenvalue weighted by Gasteiger charge is 2.16. The smallest absolute Gasteiger partial charge is 0.0358 e. The third kappa shape index (κ3) is 7.54. The van der Waals surface area contributed by atoms with Gasteiger partial charge in [0.05, 0.1) is 0 Å². The lowest BCUT2D eigenvalue weighted by molar-refractivity contribution is 0.530. The number of benzene rings is 2. The second kappa shape index (κ2) is 12.9. The summed E-state index contributed by atoms with van der Waals surface area (Å²) in [6.45, 7) is 4.55. The lowest BCUT2D eigenvalue weighted by Crippen LogP contribution is -2.08. The zero-order valence-corrected chi connectivity index (χ0v) is 22.6. The van der Waals surface area contributed by atoms with Crippen molar-refractivity contribution in [2.75, 3.05) is 14.1 Å². The molecule has 2 aromatic rings. The quantitative estimate of drug-likeness (QED) is 0.343. The van der Waals surface area contributed by atoms with Gasteiger partial charge in [0.15, 0.2) is 0 Å². The van der Waals surface area contributed by atoms with Gasteiger partial charge >= 0.3 is 0 Å². The van der Waals surface area contributed by atoms with Crippen molar-refractivity contribution in [2.24, 2.45) is 10.9 Å². The van der Waals surface area contributed by atoms with E-state index in [4.69, 9.17) is 4.99 Å². The monoisotopic (exact) mass is 486 g/mol. The average Bonchev–Trinajstić information content (AvgIpc) is 3.21. The Morgan fingerprint density at radius 2 is 1.59 bits per heavy atom. The standard InChI is InChI=1S/C35H38N2/c1-27-22-32(23-30-12-7-5-8-13-30)28(2)33(24-31-14-9-6-10-15-31)25-34(27)26-36-21-20-29-16-11-17-35(19-18-29)37(3)4/h5-15,17-22,25-27H,16,23-24H2,1-4H3/b21-20+,36-26?. The van der Waals surface area contributed by atoms with Crippen molar-refractivity contribution < 1.29 is 0 Å². The molecule has 0 heterocycles. The number of hydrogen-bond donors (Lipinski definition) is 0. The summed E-state index contributed by atoms with van der Waals surface area (Å²) in [5.74, 6) is 0.282. The van der Waals surface area contributed by atoms with Crippen molar-refractivity contribution in [3.63, 3.8) is 0 Å². The third-order valence-corrected chi connectivity index (χ3v) is 6.98. The van der Waals surface area contributed by atoms with E-state index in [2.05, 4.69) is 136 Å². The van der Waals surface area contributed by atoms with E-state index in [1.807, 2.05) is 12.4 Å². The predicted octanol–water partition coefficient (Wildman–Crippen LogP) is 8.21. The molecular formula is C35H38N2. The normalized spacial score (nSPS) is 18.3. The fourth-order valence-electron chi connectivity index (χ4n) is 4.65. The van der Waals surface area contributed by atoms with Gasteiger partial charge in [-0.05, 0) is 83.4 Å². The minimum Gasteiger partial charge on any atom is -0.378 e. The lowest BCUT2D eigenvalue weighted by atomic mass is 9.92. The van der Waals surface area contributed by atoms with Crippen LogP contribution in [0.1, 0.15) is 31.4 Å². The highest BCUT2D eigenvalue weighted by Crippen LogP contribution is 2.30. The van der Waals surface area contributed by atoms with Gasteiger partial charge in [-0.15, -0.1) is 0 Å². The molecule has 2 aromatic carbocycles. The van der Waals surface area contributed by atoms with Gasteiger partial charge in [-0.1, -0.05) is 91.9 Å². The summed E-state index contributed by atoms with van der Waals surface area (Å²) >= 11 is 0. The fourth-order valence-corrected chi connectivity index (χ4v) is 4.65. The van der Waals surface area contributed by atoms with Gasteiger partial charge in [0, 0.05) is 38.1 Å². The van der Waals surface area contributed by atoms with Gasteiger partial charge in [0.25, 0.3) is 0 Å². The first-order chi connectivity index (χ1) is 18.0. The molecule has 1 unspecified atom stereocenters. The topological polar surface area (TPSA) is 15.6 Å². The molecule has 1 atom stereocenters. The molecule has 0 fully saturated rings. The van der Waals surface area contributed by atoms with Gasteiger partial charge in [-0.2, -0.15) is 0 Å². The van der Waals surface area contributed by atoms with E-state index in [9.17, 15) is 0 Å². The van der Waals surface area contributed by atoms with Crippen molar-refractivity contribution in [2.45, 2.75) is 33.1 Å². The minimum atomic E-state index is 0.282. The Morgan fingerprint density at radius 1 is 0.919 bits per heavy atom. The molecular weight excluding hydrogens is 448 g/mol. The molecule has 2 nitrogen and oxygen atoms in total. The van der Waals surface area contributed by atoms with Crippen LogP contribution >= 0.6 is 0 Å². The number of hydrogen-bond acceptors (Lipinski definition) is 2. The van der Waals surface area contributed by atoms with E-state index >= 15 is 0 Å². The highest BCUT2D eigenvalue weighted by molar-refractivity contribution is 5.82. The second-order valence-electron chi connectivity index (χ2n) is 10.0. The zero-order chi connectivity index (χ0) is 26.0. The molecule has 0 spiro atoms. The van der Waals surface area contributed by atoms with Crippen molar-refractivity contribution in [1.29, 1.82) is 0 Å². The van der Waals surface area contributed by atoms with Crippen LogP contribution in [0.3, 0.4) is 0 Å². The van der Waals surface area contributed by atoms with Crippen LogP contribution < -0.4 is 0 Å². The van der Waals surface area contributed by atoms with Gasteiger partial charge in [0.1, 0.15) is 0 Å². The summed E-state index contributed by atoms with van der Waals surface area (Å²) in [4.78, 5) is 6.84. The fraction of sp³-hybridized carbons (Fsp3) is 0.229. The van der Waals surface area contributed by atoms with Crippen molar-refractivity contribution in [3.05, 3.63) is 154 Å². The summed E-state index contributed by atoms with van der Waals surface area (Å²) < 4.78 is 0. The Bertz CT molecular complexity index is 1310. The predicted molar refractivity (Wildman–Crippen MR) is 160 cm³/mol. The van der Waals surface area contributed by atoms with Gasteiger partial charge in [-0.25, -0.2) is 0 Å². The maximum atomic E-state index is 4.72. The molecule has 0 saturated heterocycles. The van der Waals surface area contributed by atoms with Gasteiger partial charge < -0.3 is 4.90 Å². The number of nitrogens with zero attached hydrogens (tertiary/aromatic N) is 2. The van der Waals surface area contributed by atoms with Crippen molar-refractivity contribution >= 4 is 6.21 Å². The van der Waals surface area contributed by atoms with E-state index in [0.29, 0.717) is 0 Å². The summed E-state index contributed by atoms with van der Waals surface area (Å²) in [7, 11) is 4.14. The SMILES string of the molecule is CC1=C(Cc2ccccc2)C=C(C=N/C=C/C2=CC=C(N(C)C)C=CC2)C(C)C=C1Cc1ccccc1. The molecule has 0 radical (unpaired) electrons. The first kappa shape index (κ1) is 26.2. The first-order valence-corrected chi connectivity index (χ1v) is 13.1. The molecule has 37 heavy (non-hydrogen) atoms. The zero-order valence-electron chi connectivity index (χ0n) is 22.6. The molecule has 188 valence electrons. The molecule has 4 rings (SSSR count). The van der Waals surface area contributed by atoms with Crippen LogP contribution in [-0.2, 0) is 12.8 Å². The largest absolute Gasteiger partial charge is 0.378 e. The van der Waals surface area contributed by atoms with Crippen LogP contribution in [-0.4, -0.2) is 25.2 Å². The number of likely N-dealkylation sites (N-methyl/N-ethyl adjacent to an activating group) is 1. The highest BCUT2D eigenvalue weighted by atomic mass is 15.1. The molecule has 0 aliphatic heterocycles. The van der Waals surface area contributed by atoms with Crippen LogP contribution in [0, 0.1) is 5.92 Å². The van der Waals surface area contributed by atoms with E-state index in [0.717, 1.165) is 19.3 Å². The maximum Gasteiger partial charge on any atom is 0.0358 e. The molecule has 0 N–H and O–H groups in total. The van der Waals surface area contributed by atoms with Crippen LogP contribution in [0.15, 0.2) is 148 Å². The third-order valence-electron chi connectivity index (χ3n) is 6.98. The molecule has 0 saturated carbocycles. The van der Waals surface area contributed by atoms with Crippen LogP contribution in [0.2, 0.25) is 0 Å². The number of rotatable bonds is 8. The molecule has 2 aliphatic rings. The van der Waals surface area contributed by atoms with Gasteiger partial charge in [-0.3, -0.25) is 4.99 Å². The molecule has 2 heteroatoms. The number of allylic oxidation sites excluding steroid dienone is 12. The Labute approximate surface area is 223 Å². The molecule has 2 aliphatic carbocycles. The van der Waals surface area contributed by atoms with E-state index in [1.54, 1.807) is 0 Å². The first-order valence-electron chi connectivity index (χ1n) is 13.1. The number of aliphatic imine (C=N–C) groups is 1. The van der Waals surface area contributed by atoms with Gasteiger partial charge in [0.2, 0.25) is 0 Å². The Kier molecular flexibility index (Phi) is 9.10. The Hall–Kier alpha value is -3.91. The van der Waals surface area contributed by atoms with Crippen LogP contribution in [0.4, 0.5) is 0 Å². The maximum absolute atomic E-state index is 4.72. The minimum absolute atomic E-state index is 0.282.